The van der Waals surface area contributed by atoms with Gasteiger partial charge in [-0.15, -0.1) is 0 Å². The fourth-order valence-corrected chi connectivity index (χ4v) is 5.69. The van der Waals surface area contributed by atoms with Gasteiger partial charge in [0.05, 0.1) is 13.2 Å². The van der Waals surface area contributed by atoms with Crippen LogP contribution in [0.3, 0.4) is 0 Å². The minimum Gasteiger partial charge on any atom is -0.379 e. The van der Waals surface area contributed by atoms with E-state index in [0.29, 0.717) is 11.5 Å². The summed E-state index contributed by atoms with van der Waals surface area (Å²) < 4.78 is 5.52. The molecule has 0 spiro atoms. The van der Waals surface area contributed by atoms with Crippen molar-refractivity contribution in [3.63, 3.8) is 0 Å². The summed E-state index contributed by atoms with van der Waals surface area (Å²) in [7, 11) is 2.36. The van der Waals surface area contributed by atoms with E-state index in [1.54, 1.807) is 11.1 Å². The van der Waals surface area contributed by atoms with Crippen LogP contribution < -0.4 is 0 Å². The van der Waals surface area contributed by atoms with Crippen molar-refractivity contribution < 1.29 is 4.74 Å². The molecular weight excluding hydrogens is 346 g/mol. The van der Waals surface area contributed by atoms with E-state index in [1.807, 2.05) is 0 Å². The van der Waals surface area contributed by atoms with Gasteiger partial charge >= 0.3 is 0 Å². The Morgan fingerprint density at radius 2 is 1.75 bits per heavy atom. The Morgan fingerprint density at radius 3 is 2.43 bits per heavy atom. The monoisotopic (exact) mass is 385 g/mol. The second kappa shape index (κ2) is 8.83. The topological polar surface area (TPSA) is 19.0 Å². The smallest absolute Gasteiger partial charge is 0.0594 e. The highest BCUT2D eigenvalue weighted by Crippen LogP contribution is 2.29. The summed E-state index contributed by atoms with van der Waals surface area (Å²) in [5, 5.41) is 0. The van der Waals surface area contributed by atoms with Crippen molar-refractivity contribution in [3.05, 3.63) is 35.4 Å². The second-order valence-corrected chi connectivity index (χ2v) is 10.1. The highest BCUT2D eigenvalue weighted by molar-refractivity contribution is 5.33. The normalized spacial score (nSPS) is 25.4. The first-order valence-electron chi connectivity index (χ1n) is 11.3. The van der Waals surface area contributed by atoms with Gasteiger partial charge in [0.1, 0.15) is 0 Å². The summed E-state index contributed by atoms with van der Waals surface area (Å²) in [6.45, 7) is 13.7. The molecule has 4 nitrogen and oxygen atoms in total. The lowest BCUT2D eigenvalue weighted by molar-refractivity contribution is 0.00902. The van der Waals surface area contributed by atoms with E-state index in [9.17, 15) is 0 Å². The van der Waals surface area contributed by atoms with Crippen molar-refractivity contribution in [2.24, 2.45) is 5.41 Å². The molecule has 0 amide bonds. The van der Waals surface area contributed by atoms with Crippen LogP contribution >= 0.6 is 0 Å². The molecule has 28 heavy (non-hydrogen) atoms. The molecule has 4 rings (SSSR count). The Morgan fingerprint density at radius 1 is 1.07 bits per heavy atom. The summed E-state index contributed by atoms with van der Waals surface area (Å²) in [6, 6.07) is 10.5. The molecule has 0 aromatic heterocycles. The second-order valence-electron chi connectivity index (χ2n) is 10.1. The first kappa shape index (κ1) is 20.3. The molecular formula is C24H39N3O. The van der Waals surface area contributed by atoms with Crippen LogP contribution in [0.5, 0.6) is 0 Å². The van der Waals surface area contributed by atoms with E-state index in [2.05, 4.69) is 59.9 Å². The van der Waals surface area contributed by atoms with Crippen LogP contribution in [0.2, 0.25) is 0 Å². The Bertz CT molecular complexity index is 615. The van der Waals surface area contributed by atoms with Crippen molar-refractivity contribution in [1.82, 2.24) is 14.7 Å². The average Bonchev–Trinajstić information content (AvgIpc) is 3.12. The molecule has 1 atom stereocenters. The third-order valence-corrected chi connectivity index (χ3v) is 7.03. The molecule has 2 heterocycles. The number of morpholine rings is 1. The van der Waals surface area contributed by atoms with Gasteiger partial charge in [-0.3, -0.25) is 9.80 Å². The lowest BCUT2D eigenvalue weighted by atomic mass is 9.90. The molecule has 3 aliphatic rings. The molecule has 0 unspecified atom stereocenters. The number of nitrogens with zero attached hydrogens (tertiary/aromatic N) is 3. The van der Waals surface area contributed by atoms with E-state index in [0.717, 1.165) is 32.3 Å². The van der Waals surface area contributed by atoms with Crippen molar-refractivity contribution in [1.29, 1.82) is 0 Å². The number of hydrogen-bond donors (Lipinski definition) is 0. The summed E-state index contributed by atoms with van der Waals surface area (Å²) >= 11 is 0. The number of fused-ring (bicyclic) bond motifs is 1. The molecule has 0 saturated carbocycles. The Labute approximate surface area is 171 Å². The summed E-state index contributed by atoms with van der Waals surface area (Å²) in [5.74, 6) is 0. The molecule has 1 aromatic carbocycles. The molecule has 4 heteroatoms. The number of benzene rings is 1. The maximum atomic E-state index is 5.52. The van der Waals surface area contributed by atoms with Crippen LogP contribution in [-0.4, -0.2) is 86.3 Å². The standard InChI is InChI=1S/C24H39N3O/c1-24(2,19-26-11-13-28-14-12-26)18-25(3)22-9-6-10-27(17-22)23-15-20-7-4-5-8-21(20)16-23/h4-5,7-8,22-23H,6,9-19H2,1-3H3/t22-/m0/s1. The number of hydrogen-bond acceptors (Lipinski definition) is 4. The van der Waals surface area contributed by atoms with Gasteiger partial charge in [0.2, 0.25) is 0 Å². The van der Waals surface area contributed by atoms with Crippen molar-refractivity contribution >= 4 is 0 Å². The summed E-state index contributed by atoms with van der Waals surface area (Å²) in [4.78, 5) is 8.04. The van der Waals surface area contributed by atoms with Crippen LogP contribution in [0.4, 0.5) is 0 Å². The zero-order valence-electron chi connectivity index (χ0n) is 18.2. The zero-order chi connectivity index (χ0) is 19.6. The molecule has 2 aliphatic heterocycles. The highest BCUT2D eigenvalue weighted by Gasteiger charge is 2.33. The average molecular weight is 386 g/mol. The zero-order valence-corrected chi connectivity index (χ0v) is 18.2. The minimum absolute atomic E-state index is 0.317. The van der Waals surface area contributed by atoms with Crippen LogP contribution in [0.1, 0.15) is 37.8 Å². The first-order valence-corrected chi connectivity index (χ1v) is 11.3. The summed E-state index contributed by atoms with van der Waals surface area (Å²) in [6.07, 6.45) is 5.18. The highest BCUT2D eigenvalue weighted by atomic mass is 16.5. The van der Waals surface area contributed by atoms with Gasteiger partial charge < -0.3 is 9.64 Å². The number of likely N-dealkylation sites (N-methyl/N-ethyl adjacent to an activating group) is 1. The number of piperidine rings is 1. The Balaban J connectivity index is 1.30. The third kappa shape index (κ3) is 4.96. The number of rotatable bonds is 6. The fraction of sp³-hybridized carbons (Fsp3) is 0.750. The van der Waals surface area contributed by atoms with Crippen molar-refractivity contribution in [3.8, 4) is 0 Å². The van der Waals surface area contributed by atoms with Gasteiger partial charge in [-0.05, 0) is 55.8 Å². The lowest BCUT2D eigenvalue weighted by Gasteiger charge is -2.43. The fourth-order valence-electron chi connectivity index (χ4n) is 5.69. The van der Waals surface area contributed by atoms with Crippen molar-refractivity contribution in [2.45, 2.75) is 51.6 Å². The van der Waals surface area contributed by atoms with Gasteiger partial charge in [0.15, 0.2) is 0 Å². The van der Waals surface area contributed by atoms with E-state index < -0.39 is 0 Å². The minimum atomic E-state index is 0.317. The van der Waals surface area contributed by atoms with Gasteiger partial charge in [0, 0.05) is 44.8 Å². The van der Waals surface area contributed by atoms with Gasteiger partial charge in [0.25, 0.3) is 0 Å². The van der Waals surface area contributed by atoms with Gasteiger partial charge in [-0.2, -0.15) is 0 Å². The van der Waals surface area contributed by atoms with Gasteiger partial charge in [-0.1, -0.05) is 38.1 Å². The quantitative estimate of drug-likeness (QED) is 0.749. The predicted octanol–water partition coefficient (Wildman–Crippen LogP) is 2.91. The Kier molecular flexibility index (Phi) is 6.41. The van der Waals surface area contributed by atoms with Gasteiger partial charge in [-0.25, -0.2) is 0 Å². The maximum Gasteiger partial charge on any atom is 0.0594 e. The maximum absolute atomic E-state index is 5.52. The van der Waals surface area contributed by atoms with Crippen molar-refractivity contribution in [2.75, 3.05) is 59.5 Å². The Hall–Kier alpha value is -0.940. The van der Waals surface area contributed by atoms with E-state index >= 15 is 0 Å². The molecule has 2 fully saturated rings. The van der Waals surface area contributed by atoms with Crippen LogP contribution in [0, 0.1) is 5.41 Å². The van der Waals surface area contributed by atoms with E-state index in [4.69, 9.17) is 4.74 Å². The lowest BCUT2D eigenvalue weighted by Crippen LogP contribution is -2.53. The first-order chi connectivity index (χ1) is 13.5. The molecule has 0 N–H and O–H groups in total. The molecule has 0 radical (unpaired) electrons. The largest absolute Gasteiger partial charge is 0.379 e. The molecule has 156 valence electrons. The van der Waals surface area contributed by atoms with E-state index in [1.165, 1.54) is 51.9 Å². The number of ether oxygens (including phenoxy) is 1. The predicted molar refractivity (Wildman–Crippen MR) is 116 cm³/mol. The number of likely N-dealkylation sites (tertiary alicyclic amines) is 1. The summed E-state index contributed by atoms with van der Waals surface area (Å²) in [5.41, 5.74) is 3.47. The molecule has 2 saturated heterocycles. The molecule has 0 bridgehead atoms. The van der Waals surface area contributed by atoms with Crippen LogP contribution in [-0.2, 0) is 17.6 Å². The van der Waals surface area contributed by atoms with E-state index in [-0.39, 0.29) is 0 Å². The van der Waals surface area contributed by atoms with Crippen LogP contribution in [0.25, 0.3) is 0 Å². The SMILES string of the molecule is CN(CC(C)(C)CN1CCOCC1)[C@H]1CCCN(C2Cc3ccccc3C2)C1. The van der Waals surface area contributed by atoms with Crippen LogP contribution in [0.15, 0.2) is 24.3 Å². The molecule has 1 aromatic rings. The molecule has 1 aliphatic carbocycles. The third-order valence-electron chi connectivity index (χ3n) is 7.03.